The number of rotatable bonds is 1. The van der Waals surface area contributed by atoms with Crippen LogP contribution in [-0.2, 0) is 11.0 Å². The maximum Gasteiger partial charge on any atom is 0.417 e. The van der Waals surface area contributed by atoms with Crippen molar-refractivity contribution in [2.45, 2.75) is 26.1 Å². The number of nitrogens with one attached hydrogen (secondary N) is 1. The summed E-state index contributed by atoms with van der Waals surface area (Å²) in [7, 11) is 0. The van der Waals surface area contributed by atoms with Crippen molar-refractivity contribution in [2.24, 2.45) is 5.92 Å². The Labute approximate surface area is 112 Å². The highest BCUT2D eigenvalue weighted by atomic mass is 35.5. The van der Waals surface area contributed by atoms with Crippen LogP contribution in [0.5, 0.6) is 0 Å². The summed E-state index contributed by atoms with van der Waals surface area (Å²) in [6, 6.07) is 0.556. The van der Waals surface area contributed by atoms with Gasteiger partial charge in [-0.15, -0.1) is 0 Å². The van der Waals surface area contributed by atoms with Crippen LogP contribution in [0.1, 0.15) is 19.4 Å². The Balaban J connectivity index is 2.35. The van der Waals surface area contributed by atoms with Crippen LogP contribution in [0.25, 0.3) is 0 Å². The van der Waals surface area contributed by atoms with Gasteiger partial charge in [0.2, 0.25) is 5.91 Å². The van der Waals surface area contributed by atoms with Crippen molar-refractivity contribution in [3.63, 3.8) is 0 Å². The molecule has 0 spiro atoms. The Morgan fingerprint density at radius 1 is 1.42 bits per heavy atom. The second-order valence-corrected chi connectivity index (χ2v) is 4.81. The molecule has 2 unspecified atom stereocenters. The zero-order chi connectivity index (χ0) is 14.4. The second-order valence-electron chi connectivity index (χ2n) is 4.40. The minimum absolute atomic E-state index is 0.111. The number of pyridine rings is 1. The monoisotopic (exact) mass is 293 g/mol. The molecule has 0 radical (unpaired) electrons. The molecule has 2 atom stereocenters. The SMILES string of the molecule is CC1C(=O)NN(c2ncc(C(F)(F)F)cc2Cl)C1C. The first kappa shape index (κ1) is 13.9. The van der Waals surface area contributed by atoms with Gasteiger partial charge in [0, 0.05) is 6.20 Å². The van der Waals surface area contributed by atoms with E-state index in [9.17, 15) is 18.0 Å². The summed E-state index contributed by atoms with van der Waals surface area (Å²) in [6.07, 6.45) is -3.80. The lowest BCUT2D eigenvalue weighted by Crippen LogP contribution is -2.38. The third kappa shape index (κ3) is 2.47. The predicted octanol–water partition coefficient (Wildman–Crippen LogP) is 2.63. The molecule has 1 aromatic rings. The zero-order valence-corrected chi connectivity index (χ0v) is 10.9. The summed E-state index contributed by atoms with van der Waals surface area (Å²) in [6.45, 7) is 3.48. The molecule has 4 nitrogen and oxygen atoms in total. The number of amides is 1. The molecular weight excluding hydrogens is 283 g/mol. The molecule has 1 aromatic heterocycles. The van der Waals surface area contributed by atoms with Crippen molar-refractivity contribution in [3.05, 3.63) is 22.8 Å². The van der Waals surface area contributed by atoms with Crippen molar-refractivity contribution >= 4 is 23.3 Å². The number of alkyl halides is 3. The molecule has 1 aliphatic rings. The van der Waals surface area contributed by atoms with E-state index in [1.165, 1.54) is 5.01 Å². The summed E-state index contributed by atoms with van der Waals surface area (Å²) in [4.78, 5) is 15.2. The Hall–Kier alpha value is -1.50. The van der Waals surface area contributed by atoms with Crippen molar-refractivity contribution in [1.29, 1.82) is 0 Å². The Kier molecular flexibility index (Phi) is 3.34. The van der Waals surface area contributed by atoms with E-state index >= 15 is 0 Å². The molecule has 0 bridgehead atoms. The number of carbonyl (C=O) groups excluding carboxylic acids is 1. The van der Waals surface area contributed by atoms with Crippen molar-refractivity contribution < 1.29 is 18.0 Å². The molecular formula is C11H11ClF3N3O. The molecule has 0 saturated carbocycles. The molecule has 0 aliphatic carbocycles. The fraction of sp³-hybridized carbons (Fsp3) is 0.455. The van der Waals surface area contributed by atoms with E-state index in [1.54, 1.807) is 13.8 Å². The minimum atomic E-state index is -4.50. The van der Waals surface area contributed by atoms with Gasteiger partial charge in [0.25, 0.3) is 0 Å². The van der Waals surface area contributed by atoms with Crippen LogP contribution < -0.4 is 10.4 Å². The molecule has 19 heavy (non-hydrogen) atoms. The van der Waals surface area contributed by atoms with Gasteiger partial charge >= 0.3 is 6.18 Å². The molecule has 1 amide bonds. The van der Waals surface area contributed by atoms with Gasteiger partial charge < -0.3 is 0 Å². The minimum Gasteiger partial charge on any atom is -0.273 e. The summed E-state index contributed by atoms with van der Waals surface area (Å²) < 4.78 is 37.5. The molecule has 0 aromatic carbocycles. The summed E-state index contributed by atoms with van der Waals surface area (Å²) >= 11 is 5.82. The first-order chi connectivity index (χ1) is 8.71. The van der Waals surface area contributed by atoms with Crippen molar-refractivity contribution in [3.8, 4) is 0 Å². The van der Waals surface area contributed by atoms with Gasteiger partial charge in [0.1, 0.15) is 0 Å². The maximum absolute atomic E-state index is 12.5. The van der Waals surface area contributed by atoms with Gasteiger partial charge in [-0.1, -0.05) is 18.5 Å². The lowest BCUT2D eigenvalue weighted by molar-refractivity contribution is -0.137. The van der Waals surface area contributed by atoms with Gasteiger partial charge in [0.15, 0.2) is 5.82 Å². The molecule has 1 saturated heterocycles. The van der Waals surface area contributed by atoms with E-state index in [-0.39, 0.29) is 28.7 Å². The highest BCUT2D eigenvalue weighted by Crippen LogP contribution is 2.34. The topological polar surface area (TPSA) is 45.2 Å². The van der Waals surface area contributed by atoms with E-state index in [4.69, 9.17) is 11.6 Å². The van der Waals surface area contributed by atoms with Crippen LogP contribution in [0, 0.1) is 5.92 Å². The number of hydrogen-bond donors (Lipinski definition) is 1. The fourth-order valence-electron chi connectivity index (χ4n) is 1.77. The fourth-order valence-corrected chi connectivity index (χ4v) is 2.03. The quantitative estimate of drug-likeness (QED) is 0.866. The Morgan fingerprint density at radius 3 is 2.47 bits per heavy atom. The first-order valence-corrected chi connectivity index (χ1v) is 5.92. The lowest BCUT2D eigenvalue weighted by Gasteiger charge is -2.23. The van der Waals surface area contributed by atoms with Crippen LogP contribution in [0.15, 0.2) is 12.3 Å². The highest BCUT2D eigenvalue weighted by molar-refractivity contribution is 6.33. The van der Waals surface area contributed by atoms with Gasteiger partial charge in [-0.2, -0.15) is 13.2 Å². The van der Waals surface area contributed by atoms with E-state index in [1.807, 2.05) is 0 Å². The number of hydrazine groups is 1. The van der Waals surface area contributed by atoms with E-state index < -0.39 is 11.7 Å². The van der Waals surface area contributed by atoms with Crippen LogP contribution in [0.4, 0.5) is 19.0 Å². The molecule has 2 rings (SSSR count). The van der Waals surface area contributed by atoms with Gasteiger partial charge in [-0.3, -0.25) is 15.2 Å². The Bertz CT molecular complexity index is 520. The second kappa shape index (κ2) is 4.56. The molecule has 1 fully saturated rings. The number of halogens is 4. The predicted molar refractivity (Wildman–Crippen MR) is 63.5 cm³/mol. The molecule has 1 aliphatic heterocycles. The van der Waals surface area contributed by atoms with Crippen LogP contribution in [0.3, 0.4) is 0 Å². The zero-order valence-electron chi connectivity index (χ0n) is 10.1. The van der Waals surface area contributed by atoms with Crippen LogP contribution >= 0.6 is 11.6 Å². The summed E-state index contributed by atoms with van der Waals surface area (Å²) in [5.74, 6) is -0.398. The van der Waals surface area contributed by atoms with Gasteiger partial charge in [-0.25, -0.2) is 4.98 Å². The molecule has 104 valence electrons. The number of carbonyl (C=O) groups is 1. The Morgan fingerprint density at radius 2 is 2.05 bits per heavy atom. The molecule has 1 N–H and O–H groups in total. The van der Waals surface area contributed by atoms with E-state index in [2.05, 4.69) is 10.4 Å². The average molecular weight is 294 g/mol. The number of hydrogen-bond acceptors (Lipinski definition) is 3. The standard InChI is InChI=1S/C11H11ClF3N3O/c1-5-6(2)18(17-10(5)19)9-8(12)3-7(4-16-9)11(13,14)15/h3-6H,1-2H3,(H,17,19). The van der Waals surface area contributed by atoms with Gasteiger partial charge in [-0.05, 0) is 13.0 Å². The maximum atomic E-state index is 12.5. The third-order valence-electron chi connectivity index (χ3n) is 3.15. The first-order valence-electron chi connectivity index (χ1n) is 5.54. The molecule has 8 heteroatoms. The number of nitrogens with zero attached hydrogens (tertiary/aromatic N) is 2. The normalized spacial score (nSPS) is 23.7. The number of anilines is 1. The van der Waals surface area contributed by atoms with E-state index in [0.717, 1.165) is 6.07 Å². The van der Waals surface area contributed by atoms with E-state index in [0.29, 0.717) is 6.20 Å². The third-order valence-corrected chi connectivity index (χ3v) is 3.43. The van der Waals surface area contributed by atoms with Crippen molar-refractivity contribution in [2.75, 3.05) is 5.01 Å². The summed E-state index contributed by atoms with van der Waals surface area (Å²) in [5.41, 5.74) is 1.61. The molecule has 2 heterocycles. The summed E-state index contributed by atoms with van der Waals surface area (Å²) in [5, 5.41) is 1.23. The smallest absolute Gasteiger partial charge is 0.273 e. The lowest BCUT2D eigenvalue weighted by atomic mass is 10.1. The van der Waals surface area contributed by atoms with Crippen LogP contribution in [-0.4, -0.2) is 16.9 Å². The van der Waals surface area contributed by atoms with Crippen LogP contribution in [0.2, 0.25) is 5.02 Å². The number of aromatic nitrogens is 1. The largest absolute Gasteiger partial charge is 0.417 e. The average Bonchev–Trinajstić information content (AvgIpc) is 2.56. The van der Waals surface area contributed by atoms with Crippen molar-refractivity contribution in [1.82, 2.24) is 10.4 Å². The highest BCUT2D eigenvalue weighted by Gasteiger charge is 2.37. The van der Waals surface area contributed by atoms with Gasteiger partial charge in [0.05, 0.1) is 22.5 Å².